The molecule has 0 heterocycles. The molecule has 0 amide bonds. The Bertz CT molecular complexity index is 796. The van der Waals surface area contributed by atoms with Crippen LogP contribution in [0.4, 0.5) is 0 Å². The lowest BCUT2D eigenvalue weighted by Gasteiger charge is -2.20. The first-order chi connectivity index (χ1) is 22.6. The number of ether oxygens (including phenoxy) is 4. The molecule has 0 unspecified atom stereocenters. The molecule has 1 aromatic carbocycles. The molecule has 1 saturated carbocycles. The van der Waals surface area contributed by atoms with Crippen LogP contribution in [0.1, 0.15) is 148 Å². The number of unbranched alkanes of at least 4 members (excludes halogenated alkanes) is 8. The van der Waals surface area contributed by atoms with E-state index in [0.29, 0.717) is 25.7 Å². The fraction of sp³-hybridized carbons (Fsp3) is 0.810. The smallest absolute Gasteiger partial charge is 0.104 e. The van der Waals surface area contributed by atoms with Crippen molar-refractivity contribution in [2.45, 2.75) is 155 Å². The van der Waals surface area contributed by atoms with Gasteiger partial charge in [-0.2, -0.15) is 0 Å². The van der Waals surface area contributed by atoms with Crippen LogP contribution in [-0.4, -0.2) is 45.7 Å². The lowest BCUT2D eigenvalue weighted by molar-refractivity contribution is -0.0594. The molecular weight excluding hydrogens is 568 g/mol. The molecule has 4 heteroatoms. The van der Waals surface area contributed by atoms with Gasteiger partial charge in [0.2, 0.25) is 0 Å². The van der Waals surface area contributed by atoms with E-state index in [1.807, 2.05) is 0 Å². The molecule has 0 saturated heterocycles. The average molecular weight is 643 g/mol. The van der Waals surface area contributed by atoms with Crippen LogP contribution < -0.4 is 0 Å². The van der Waals surface area contributed by atoms with E-state index in [1.54, 1.807) is 6.08 Å². The highest BCUT2D eigenvalue weighted by Gasteiger charge is 2.23. The van der Waals surface area contributed by atoms with E-state index in [9.17, 15) is 0 Å². The van der Waals surface area contributed by atoms with Crippen molar-refractivity contribution in [2.75, 3.05) is 39.6 Å². The number of hydrogen-bond donors (Lipinski definition) is 0. The average Bonchev–Trinajstić information content (AvgIpc) is 3.50. The molecule has 4 atom stereocenters. The molecule has 0 aliphatic heterocycles. The molecule has 46 heavy (non-hydrogen) atoms. The Kier molecular flexibility index (Phi) is 25.6. The molecular formula is C42H74O4. The third kappa shape index (κ3) is 23.2. The fourth-order valence-corrected chi connectivity index (χ4v) is 6.91. The first-order valence-electron chi connectivity index (χ1n) is 19.6. The SMILES string of the molecule is C=CCOC[C@H](COCCC[C@@H]1CC[C@H](CCCCCCCCCCCOCc2ccccc2)C1)OCC[C@H](C)CCCC(C)C. The Morgan fingerprint density at radius 3 is 2.00 bits per heavy atom. The van der Waals surface area contributed by atoms with Crippen molar-refractivity contribution in [1.82, 2.24) is 0 Å². The van der Waals surface area contributed by atoms with E-state index in [0.717, 1.165) is 50.6 Å². The fourth-order valence-electron chi connectivity index (χ4n) is 6.91. The Balaban J connectivity index is 1.38. The van der Waals surface area contributed by atoms with Gasteiger partial charge in [0.25, 0.3) is 0 Å². The second-order valence-electron chi connectivity index (χ2n) is 14.8. The lowest BCUT2D eigenvalue weighted by Crippen LogP contribution is -2.27. The minimum atomic E-state index is 0.0223. The van der Waals surface area contributed by atoms with Gasteiger partial charge >= 0.3 is 0 Å². The van der Waals surface area contributed by atoms with E-state index in [-0.39, 0.29) is 6.10 Å². The van der Waals surface area contributed by atoms with Crippen molar-refractivity contribution >= 4 is 0 Å². The zero-order chi connectivity index (χ0) is 32.9. The number of benzene rings is 1. The molecule has 0 N–H and O–H groups in total. The molecule has 0 bridgehead atoms. The summed E-state index contributed by atoms with van der Waals surface area (Å²) in [5, 5.41) is 0. The van der Waals surface area contributed by atoms with Crippen LogP contribution in [0.15, 0.2) is 43.0 Å². The number of hydrogen-bond acceptors (Lipinski definition) is 4. The van der Waals surface area contributed by atoms with Crippen LogP contribution in [0.2, 0.25) is 0 Å². The van der Waals surface area contributed by atoms with Gasteiger partial charge in [-0.3, -0.25) is 0 Å². The summed E-state index contributed by atoms with van der Waals surface area (Å²) in [5.74, 6) is 3.41. The highest BCUT2D eigenvalue weighted by Crippen LogP contribution is 2.36. The van der Waals surface area contributed by atoms with Crippen molar-refractivity contribution in [1.29, 1.82) is 0 Å². The van der Waals surface area contributed by atoms with Crippen molar-refractivity contribution in [3.63, 3.8) is 0 Å². The van der Waals surface area contributed by atoms with Gasteiger partial charge < -0.3 is 18.9 Å². The zero-order valence-corrected chi connectivity index (χ0v) is 30.6. The van der Waals surface area contributed by atoms with Crippen LogP contribution in [0.3, 0.4) is 0 Å². The Morgan fingerprint density at radius 1 is 0.674 bits per heavy atom. The molecule has 1 aromatic rings. The molecule has 0 radical (unpaired) electrons. The van der Waals surface area contributed by atoms with E-state index >= 15 is 0 Å². The van der Waals surface area contributed by atoms with Crippen LogP contribution >= 0.6 is 0 Å². The third-order valence-electron chi connectivity index (χ3n) is 9.85. The maximum atomic E-state index is 6.20. The standard InChI is InChI=1S/C42H74O4/c1-5-29-43-35-42(46-32-28-38(4)21-18-20-37(2)3)36-45-31-19-25-40-27-26-39(33-40)22-14-11-9-7-6-8-10-12-17-30-44-34-41-23-15-13-16-24-41/h5,13,15-16,23-24,37-40,42H,1,6-12,14,17-22,25-36H2,2-4H3/t38-,39+,40-,42-/m1/s1. The summed E-state index contributed by atoms with van der Waals surface area (Å²) in [6.45, 7) is 15.8. The Labute approximate surface area is 285 Å². The molecule has 266 valence electrons. The predicted octanol–water partition coefficient (Wildman–Crippen LogP) is 11.8. The first-order valence-corrected chi connectivity index (χ1v) is 19.6. The summed E-state index contributed by atoms with van der Waals surface area (Å²) < 4.78 is 23.8. The lowest BCUT2D eigenvalue weighted by atomic mass is 9.96. The molecule has 2 rings (SSSR count). The van der Waals surface area contributed by atoms with Crippen LogP contribution in [0, 0.1) is 23.7 Å². The van der Waals surface area contributed by atoms with Gasteiger partial charge in [0.1, 0.15) is 6.10 Å². The van der Waals surface area contributed by atoms with E-state index in [1.165, 1.54) is 121 Å². The monoisotopic (exact) mass is 643 g/mol. The summed E-state index contributed by atoms with van der Waals surface area (Å²) in [5.41, 5.74) is 1.27. The summed E-state index contributed by atoms with van der Waals surface area (Å²) in [6, 6.07) is 10.5. The Hall–Kier alpha value is -1.20. The maximum Gasteiger partial charge on any atom is 0.104 e. The highest BCUT2D eigenvalue weighted by atomic mass is 16.6. The highest BCUT2D eigenvalue weighted by molar-refractivity contribution is 5.13. The van der Waals surface area contributed by atoms with Crippen molar-refractivity contribution < 1.29 is 18.9 Å². The zero-order valence-electron chi connectivity index (χ0n) is 30.6. The van der Waals surface area contributed by atoms with E-state index < -0.39 is 0 Å². The minimum absolute atomic E-state index is 0.0223. The summed E-state index contributed by atoms with van der Waals surface area (Å²) >= 11 is 0. The summed E-state index contributed by atoms with van der Waals surface area (Å²) in [6.07, 6.45) is 27.5. The molecule has 0 aromatic heterocycles. The summed E-state index contributed by atoms with van der Waals surface area (Å²) in [7, 11) is 0. The van der Waals surface area contributed by atoms with Crippen LogP contribution in [0.5, 0.6) is 0 Å². The second kappa shape index (κ2) is 28.8. The normalized spacial score (nSPS) is 17.9. The van der Waals surface area contributed by atoms with Crippen molar-refractivity contribution in [3.8, 4) is 0 Å². The second-order valence-corrected chi connectivity index (χ2v) is 14.8. The van der Waals surface area contributed by atoms with Gasteiger partial charge in [-0.25, -0.2) is 0 Å². The predicted molar refractivity (Wildman–Crippen MR) is 196 cm³/mol. The quantitative estimate of drug-likeness (QED) is 0.0579. The molecule has 1 aliphatic carbocycles. The van der Waals surface area contributed by atoms with E-state index in [4.69, 9.17) is 18.9 Å². The first kappa shape index (κ1) is 41.0. The van der Waals surface area contributed by atoms with E-state index in [2.05, 4.69) is 57.7 Å². The molecule has 4 nitrogen and oxygen atoms in total. The topological polar surface area (TPSA) is 36.9 Å². The van der Waals surface area contributed by atoms with Gasteiger partial charge in [-0.1, -0.05) is 147 Å². The number of rotatable bonds is 32. The Morgan fingerprint density at radius 2 is 1.30 bits per heavy atom. The van der Waals surface area contributed by atoms with Gasteiger partial charge in [-0.05, 0) is 61.3 Å². The van der Waals surface area contributed by atoms with Gasteiger partial charge in [-0.15, -0.1) is 6.58 Å². The largest absolute Gasteiger partial charge is 0.379 e. The van der Waals surface area contributed by atoms with Gasteiger partial charge in [0.15, 0.2) is 0 Å². The maximum absolute atomic E-state index is 6.20. The summed E-state index contributed by atoms with van der Waals surface area (Å²) in [4.78, 5) is 0. The van der Waals surface area contributed by atoms with Crippen LogP contribution in [0.25, 0.3) is 0 Å². The van der Waals surface area contributed by atoms with Gasteiger partial charge in [0.05, 0.1) is 26.4 Å². The van der Waals surface area contributed by atoms with Crippen molar-refractivity contribution in [2.24, 2.45) is 23.7 Å². The molecule has 1 fully saturated rings. The minimum Gasteiger partial charge on any atom is -0.379 e. The van der Waals surface area contributed by atoms with Crippen LogP contribution in [-0.2, 0) is 25.6 Å². The molecule has 0 spiro atoms. The van der Waals surface area contributed by atoms with Gasteiger partial charge in [0, 0.05) is 19.8 Å². The molecule has 1 aliphatic rings. The van der Waals surface area contributed by atoms with Crippen molar-refractivity contribution in [3.05, 3.63) is 48.6 Å². The third-order valence-corrected chi connectivity index (χ3v) is 9.85.